The minimum Gasteiger partial charge on any atom is -0.367 e. The fourth-order valence-corrected chi connectivity index (χ4v) is 2.87. The number of nitrogens with one attached hydrogen (secondary N) is 2. The topological polar surface area (TPSA) is 62.0 Å². The van der Waals surface area contributed by atoms with Crippen LogP contribution >= 0.6 is 11.8 Å². The number of hydrogen-bond donors (Lipinski definition) is 2. The van der Waals surface area contributed by atoms with E-state index in [1.165, 1.54) is 24.9 Å². The highest BCUT2D eigenvalue weighted by molar-refractivity contribution is 8.00. The molecule has 92 valence electrons. The predicted molar refractivity (Wildman–Crippen MR) is 69.5 cm³/mol. The third-order valence-electron chi connectivity index (χ3n) is 3.34. The lowest BCUT2D eigenvalue weighted by molar-refractivity contribution is 0.0942. The summed E-state index contributed by atoms with van der Waals surface area (Å²) in [4.78, 5) is 26.0. The van der Waals surface area contributed by atoms with Crippen LogP contribution in [0.1, 0.15) is 29.6 Å². The molecule has 1 amide bonds. The van der Waals surface area contributed by atoms with E-state index in [2.05, 4.69) is 16.6 Å². The third-order valence-corrected chi connectivity index (χ3v) is 4.76. The molecular formula is C12H16N2O2S. The first-order chi connectivity index (χ1) is 8.17. The van der Waals surface area contributed by atoms with E-state index in [1.807, 2.05) is 0 Å². The van der Waals surface area contributed by atoms with Gasteiger partial charge < -0.3 is 10.3 Å². The number of amides is 1. The summed E-state index contributed by atoms with van der Waals surface area (Å²) in [6.45, 7) is 0.640. The van der Waals surface area contributed by atoms with Crippen molar-refractivity contribution in [3.63, 3.8) is 0 Å². The Morgan fingerprint density at radius 3 is 2.88 bits per heavy atom. The van der Waals surface area contributed by atoms with Crippen molar-refractivity contribution >= 4 is 17.7 Å². The van der Waals surface area contributed by atoms with E-state index in [1.54, 1.807) is 11.8 Å². The van der Waals surface area contributed by atoms with Crippen molar-refractivity contribution in [2.45, 2.75) is 24.0 Å². The average Bonchev–Trinajstić information content (AvgIpc) is 2.28. The Morgan fingerprint density at radius 1 is 1.59 bits per heavy atom. The van der Waals surface area contributed by atoms with Crippen LogP contribution in [0.25, 0.3) is 0 Å². The zero-order valence-electron chi connectivity index (χ0n) is 9.79. The normalized spacial score (nSPS) is 17.2. The molecule has 1 aliphatic carbocycles. The fraction of sp³-hybridized carbons (Fsp3) is 0.500. The van der Waals surface area contributed by atoms with Crippen LogP contribution < -0.4 is 10.7 Å². The van der Waals surface area contributed by atoms with E-state index in [4.69, 9.17) is 0 Å². The van der Waals surface area contributed by atoms with Crippen LogP contribution in [0, 0.1) is 0 Å². The summed E-state index contributed by atoms with van der Waals surface area (Å²) in [5.74, 6) is -0.285. The van der Waals surface area contributed by atoms with Crippen molar-refractivity contribution in [2.24, 2.45) is 0 Å². The van der Waals surface area contributed by atoms with Gasteiger partial charge in [-0.3, -0.25) is 9.59 Å². The van der Waals surface area contributed by atoms with E-state index in [-0.39, 0.29) is 21.6 Å². The summed E-state index contributed by atoms with van der Waals surface area (Å²) < 4.78 is 0.192. The Kier molecular flexibility index (Phi) is 3.57. The highest BCUT2D eigenvalue weighted by atomic mass is 32.2. The van der Waals surface area contributed by atoms with Crippen LogP contribution in [0.4, 0.5) is 0 Å². The highest BCUT2D eigenvalue weighted by Gasteiger charge is 2.36. The summed E-state index contributed by atoms with van der Waals surface area (Å²) in [6.07, 6.45) is 8.54. The molecule has 1 saturated carbocycles. The first kappa shape index (κ1) is 12.2. The van der Waals surface area contributed by atoms with Gasteiger partial charge in [0.2, 0.25) is 0 Å². The largest absolute Gasteiger partial charge is 0.367 e. The number of carbonyl (C=O) groups excluding carboxylic acids is 1. The monoisotopic (exact) mass is 252 g/mol. The van der Waals surface area contributed by atoms with E-state index < -0.39 is 0 Å². The molecule has 0 aromatic carbocycles. The molecule has 0 unspecified atom stereocenters. The van der Waals surface area contributed by atoms with Crippen molar-refractivity contribution in [1.29, 1.82) is 0 Å². The standard InChI is InChI=1S/C12H16N2O2S/c1-17-12(4-2-5-12)8-14-11(16)9-7-13-6-3-10(9)15/h3,6-7H,2,4-5,8H2,1H3,(H,13,15)(H,14,16). The molecule has 1 aromatic heterocycles. The molecule has 2 N–H and O–H groups in total. The zero-order chi connectivity index (χ0) is 12.3. The molecule has 0 atom stereocenters. The van der Waals surface area contributed by atoms with Crippen molar-refractivity contribution in [3.05, 3.63) is 34.2 Å². The van der Waals surface area contributed by atoms with Gasteiger partial charge in [0.15, 0.2) is 5.43 Å². The summed E-state index contributed by atoms with van der Waals surface area (Å²) in [5, 5.41) is 2.85. The second kappa shape index (κ2) is 4.96. The SMILES string of the molecule is CSC1(CNC(=O)c2c[nH]ccc2=O)CCC1. The quantitative estimate of drug-likeness (QED) is 0.851. The Balaban J connectivity index is 1.98. The Bertz CT molecular complexity index is 460. The van der Waals surface area contributed by atoms with Crippen LogP contribution in [0.3, 0.4) is 0 Å². The second-order valence-corrected chi connectivity index (χ2v) is 5.62. The fourth-order valence-electron chi connectivity index (χ4n) is 1.95. The number of rotatable bonds is 4. The van der Waals surface area contributed by atoms with Crippen LogP contribution in [-0.2, 0) is 0 Å². The first-order valence-electron chi connectivity index (χ1n) is 5.67. The summed E-state index contributed by atoms with van der Waals surface area (Å²) in [6, 6.07) is 1.36. The van der Waals surface area contributed by atoms with Gasteiger partial charge >= 0.3 is 0 Å². The third kappa shape index (κ3) is 2.54. The minimum absolute atomic E-state index is 0.183. The van der Waals surface area contributed by atoms with E-state index in [9.17, 15) is 9.59 Å². The van der Waals surface area contributed by atoms with E-state index in [0.717, 1.165) is 12.8 Å². The molecule has 0 saturated heterocycles. The molecule has 5 heteroatoms. The maximum absolute atomic E-state index is 11.8. The van der Waals surface area contributed by atoms with Gasteiger partial charge in [0.1, 0.15) is 5.56 Å². The lowest BCUT2D eigenvalue weighted by Gasteiger charge is -2.40. The minimum atomic E-state index is -0.285. The average molecular weight is 252 g/mol. The van der Waals surface area contributed by atoms with Crippen molar-refractivity contribution in [3.8, 4) is 0 Å². The van der Waals surface area contributed by atoms with Gasteiger partial charge in [-0.15, -0.1) is 0 Å². The molecular weight excluding hydrogens is 236 g/mol. The highest BCUT2D eigenvalue weighted by Crippen LogP contribution is 2.42. The summed E-state index contributed by atoms with van der Waals surface area (Å²) in [5.41, 5.74) is -0.0591. The van der Waals surface area contributed by atoms with Crippen LogP contribution in [0.5, 0.6) is 0 Å². The maximum atomic E-state index is 11.8. The van der Waals surface area contributed by atoms with Crippen LogP contribution in [-0.4, -0.2) is 28.4 Å². The number of carbonyl (C=O) groups is 1. The zero-order valence-corrected chi connectivity index (χ0v) is 10.6. The molecule has 0 spiro atoms. The molecule has 1 fully saturated rings. The van der Waals surface area contributed by atoms with Crippen LogP contribution in [0.15, 0.2) is 23.3 Å². The lowest BCUT2D eigenvalue weighted by Crippen LogP contribution is -2.45. The van der Waals surface area contributed by atoms with Gasteiger partial charge in [0, 0.05) is 29.8 Å². The Hall–Kier alpha value is -1.23. The molecule has 0 radical (unpaired) electrons. The predicted octanol–water partition coefficient (Wildman–Crippen LogP) is 1.39. The second-order valence-electron chi connectivity index (χ2n) is 4.35. The molecule has 0 aliphatic heterocycles. The maximum Gasteiger partial charge on any atom is 0.256 e. The van der Waals surface area contributed by atoms with Crippen molar-refractivity contribution in [1.82, 2.24) is 10.3 Å². The molecule has 1 aliphatic rings. The Morgan fingerprint density at radius 2 is 2.35 bits per heavy atom. The van der Waals surface area contributed by atoms with E-state index in [0.29, 0.717) is 6.54 Å². The number of hydrogen-bond acceptors (Lipinski definition) is 3. The number of thioether (sulfide) groups is 1. The molecule has 1 aromatic rings. The number of H-pyrrole nitrogens is 1. The van der Waals surface area contributed by atoms with Crippen molar-refractivity contribution in [2.75, 3.05) is 12.8 Å². The molecule has 2 rings (SSSR count). The summed E-state index contributed by atoms with van der Waals surface area (Å²) >= 11 is 1.80. The lowest BCUT2D eigenvalue weighted by atomic mass is 9.84. The van der Waals surface area contributed by atoms with Crippen molar-refractivity contribution < 1.29 is 4.79 Å². The molecule has 17 heavy (non-hydrogen) atoms. The van der Waals surface area contributed by atoms with Gasteiger partial charge in [-0.2, -0.15) is 11.8 Å². The molecule has 4 nitrogen and oxygen atoms in total. The molecule has 0 bridgehead atoms. The Labute approximate surface area is 104 Å². The van der Waals surface area contributed by atoms with Gasteiger partial charge in [0.25, 0.3) is 5.91 Å². The van der Waals surface area contributed by atoms with Gasteiger partial charge in [-0.05, 0) is 19.1 Å². The summed E-state index contributed by atoms with van der Waals surface area (Å²) in [7, 11) is 0. The van der Waals surface area contributed by atoms with Gasteiger partial charge in [-0.25, -0.2) is 0 Å². The van der Waals surface area contributed by atoms with E-state index >= 15 is 0 Å². The van der Waals surface area contributed by atoms with Gasteiger partial charge in [0.05, 0.1) is 0 Å². The number of pyridine rings is 1. The number of aromatic nitrogens is 1. The van der Waals surface area contributed by atoms with Gasteiger partial charge in [-0.1, -0.05) is 6.42 Å². The molecule has 1 heterocycles. The first-order valence-corrected chi connectivity index (χ1v) is 6.90. The van der Waals surface area contributed by atoms with Crippen LogP contribution in [0.2, 0.25) is 0 Å². The smallest absolute Gasteiger partial charge is 0.256 e. The number of aromatic amines is 1.